The van der Waals surface area contributed by atoms with Crippen molar-refractivity contribution in [2.75, 3.05) is 0 Å². The molecule has 0 fully saturated rings. The molecule has 0 unspecified atom stereocenters. The van der Waals surface area contributed by atoms with Crippen LogP contribution in [-0.4, -0.2) is 18.3 Å². The number of hydrogen-bond acceptors (Lipinski definition) is 0. The van der Waals surface area contributed by atoms with E-state index in [0.717, 1.165) is 22.7 Å². The minimum absolute atomic E-state index is 1.13. The molecule has 0 saturated heterocycles. The van der Waals surface area contributed by atoms with E-state index in [1.165, 1.54) is 110 Å². The first-order chi connectivity index (χ1) is 34.6. The summed E-state index contributed by atoms with van der Waals surface area (Å²) in [5, 5.41) is 7.54. The number of nitrogens with zero attached hydrogens (tertiary/aromatic N) is 4. The van der Waals surface area contributed by atoms with Gasteiger partial charge in [-0.05, 0) is 144 Å². The van der Waals surface area contributed by atoms with Gasteiger partial charge in [-0.25, -0.2) is 0 Å². The summed E-state index contributed by atoms with van der Waals surface area (Å²) in [7, 11) is 0. The van der Waals surface area contributed by atoms with Crippen LogP contribution in [0.3, 0.4) is 0 Å². The highest BCUT2D eigenvalue weighted by Crippen LogP contribution is 2.42. The second-order valence-electron chi connectivity index (χ2n) is 18.6. The van der Waals surface area contributed by atoms with Crippen LogP contribution in [0.5, 0.6) is 0 Å². The Bertz CT molecular complexity index is 3940. The molecule has 330 valence electrons. The zero-order valence-electron chi connectivity index (χ0n) is 38.9. The Labute approximate surface area is 405 Å². The number of benzene rings is 10. The van der Waals surface area contributed by atoms with Gasteiger partial charge < -0.3 is 18.3 Å². The highest BCUT2D eigenvalue weighted by molar-refractivity contribution is 6.10. The quantitative estimate of drug-likeness (QED) is 0.152. The molecule has 0 N–H and O–H groups in total. The van der Waals surface area contributed by atoms with Crippen molar-refractivity contribution in [3.8, 4) is 56.4 Å². The minimum atomic E-state index is 1.13. The lowest BCUT2D eigenvalue weighted by Crippen LogP contribution is -1.99. The van der Waals surface area contributed by atoms with Crippen LogP contribution in [0.4, 0.5) is 0 Å². The van der Waals surface area contributed by atoms with Gasteiger partial charge in [0.25, 0.3) is 0 Å². The Hall–Kier alpha value is -9.12. The molecular formula is C66H46N4. The van der Waals surface area contributed by atoms with Crippen molar-refractivity contribution in [1.82, 2.24) is 18.3 Å². The Morgan fingerprint density at radius 3 is 0.814 bits per heavy atom. The Morgan fingerprint density at radius 1 is 0.214 bits per heavy atom. The second-order valence-corrected chi connectivity index (χ2v) is 18.6. The molecule has 14 rings (SSSR count). The normalized spacial score (nSPS) is 11.9. The molecule has 0 spiro atoms. The average Bonchev–Trinajstić information content (AvgIpc) is 4.13. The van der Waals surface area contributed by atoms with E-state index in [-0.39, 0.29) is 0 Å². The topological polar surface area (TPSA) is 19.7 Å². The molecule has 0 aliphatic heterocycles. The van der Waals surface area contributed by atoms with E-state index >= 15 is 0 Å². The summed E-state index contributed by atoms with van der Waals surface area (Å²) in [6.45, 7) is 4.56. The number of aromatic nitrogens is 4. The van der Waals surface area contributed by atoms with E-state index < -0.39 is 0 Å². The maximum absolute atomic E-state index is 2.45. The molecule has 0 atom stereocenters. The minimum Gasteiger partial charge on any atom is -0.309 e. The number of para-hydroxylation sites is 4. The van der Waals surface area contributed by atoms with Gasteiger partial charge in [0.05, 0.1) is 44.5 Å². The standard InChI is InChI=1S/C66H46N4/c1-43-57-41-47(29-39-63(57)69(65(43)45-17-5-3-6-18-45)51-35-31-49(32-36-51)67-59-25-13-9-21-53(59)54-22-10-14-26-60(54)67)48-30-40-64-58(42-48)44(2)66(46-19-7-4-8-20-46)70(64)52-37-33-50(34-38-52)68-61-27-15-11-23-55(61)56-24-12-16-28-62(56)68/h3-42H,1-2H3. The highest BCUT2D eigenvalue weighted by atomic mass is 15.0. The smallest absolute Gasteiger partial charge is 0.0570 e. The molecular weight excluding hydrogens is 849 g/mol. The van der Waals surface area contributed by atoms with E-state index in [9.17, 15) is 0 Å². The van der Waals surface area contributed by atoms with Gasteiger partial charge in [0.1, 0.15) is 0 Å². The summed E-state index contributed by atoms with van der Waals surface area (Å²) in [4.78, 5) is 0. The van der Waals surface area contributed by atoms with Crippen molar-refractivity contribution in [3.63, 3.8) is 0 Å². The maximum Gasteiger partial charge on any atom is 0.0570 e. The van der Waals surface area contributed by atoms with Crippen LogP contribution in [0, 0.1) is 13.8 Å². The first-order valence-electron chi connectivity index (χ1n) is 24.2. The molecule has 0 saturated carbocycles. The fraction of sp³-hybridized carbons (Fsp3) is 0.0303. The summed E-state index contributed by atoms with van der Waals surface area (Å²) < 4.78 is 9.67. The monoisotopic (exact) mass is 894 g/mol. The Balaban J connectivity index is 0.887. The molecule has 0 radical (unpaired) electrons. The van der Waals surface area contributed by atoms with Crippen molar-refractivity contribution < 1.29 is 0 Å². The summed E-state index contributed by atoms with van der Waals surface area (Å²) in [6.07, 6.45) is 0. The third-order valence-electron chi connectivity index (χ3n) is 14.8. The van der Waals surface area contributed by atoms with Gasteiger partial charge in [-0.1, -0.05) is 146 Å². The zero-order chi connectivity index (χ0) is 46.5. The highest BCUT2D eigenvalue weighted by Gasteiger charge is 2.22. The average molecular weight is 895 g/mol. The predicted octanol–water partition coefficient (Wildman–Crippen LogP) is 17.4. The third kappa shape index (κ3) is 6.03. The van der Waals surface area contributed by atoms with Crippen LogP contribution >= 0.6 is 0 Å². The van der Waals surface area contributed by atoms with Crippen molar-refractivity contribution >= 4 is 65.4 Å². The molecule has 0 amide bonds. The number of hydrogen-bond donors (Lipinski definition) is 0. The second kappa shape index (κ2) is 15.7. The van der Waals surface area contributed by atoms with Gasteiger partial charge in [0.15, 0.2) is 0 Å². The first kappa shape index (κ1) is 40.0. The van der Waals surface area contributed by atoms with Crippen LogP contribution in [0.15, 0.2) is 243 Å². The SMILES string of the molecule is Cc1c(-c2ccccc2)n(-c2ccc(-n3c4ccccc4c4ccccc43)cc2)c2ccc(-c3ccc4c(c3)c(C)c(-c3ccccc3)n4-c3ccc(-n4c5ccccc5c5ccccc54)cc3)cc12. The lowest BCUT2D eigenvalue weighted by molar-refractivity contribution is 1.11. The largest absolute Gasteiger partial charge is 0.309 e. The van der Waals surface area contributed by atoms with Crippen LogP contribution in [0.1, 0.15) is 11.1 Å². The summed E-state index contributed by atoms with van der Waals surface area (Å²) in [5.74, 6) is 0. The first-order valence-corrected chi connectivity index (χ1v) is 24.2. The number of fused-ring (bicyclic) bond motifs is 8. The van der Waals surface area contributed by atoms with E-state index in [1.807, 2.05) is 0 Å². The summed E-state index contributed by atoms with van der Waals surface area (Å²) >= 11 is 0. The molecule has 0 aliphatic rings. The molecule has 10 aromatic carbocycles. The fourth-order valence-corrected chi connectivity index (χ4v) is 11.6. The summed E-state index contributed by atoms with van der Waals surface area (Å²) in [5.41, 5.74) is 21.5. The van der Waals surface area contributed by atoms with Crippen molar-refractivity contribution in [1.29, 1.82) is 0 Å². The van der Waals surface area contributed by atoms with Gasteiger partial charge in [-0.3, -0.25) is 0 Å². The van der Waals surface area contributed by atoms with Gasteiger partial charge in [0, 0.05) is 55.1 Å². The van der Waals surface area contributed by atoms with Gasteiger partial charge >= 0.3 is 0 Å². The molecule has 4 nitrogen and oxygen atoms in total. The maximum atomic E-state index is 2.45. The van der Waals surface area contributed by atoms with Gasteiger partial charge in [0.2, 0.25) is 0 Å². The van der Waals surface area contributed by atoms with E-state index in [4.69, 9.17) is 0 Å². The number of rotatable bonds is 7. The molecule has 4 heteroatoms. The van der Waals surface area contributed by atoms with Crippen molar-refractivity contribution in [3.05, 3.63) is 254 Å². The van der Waals surface area contributed by atoms with Gasteiger partial charge in [-0.15, -0.1) is 0 Å². The molecule has 70 heavy (non-hydrogen) atoms. The number of aryl methyl sites for hydroxylation is 2. The van der Waals surface area contributed by atoms with Crippen molar-refractivity contribution in [2.24, 2.45) is 0 Å². The van der Waals surface area contributed by atoms with Crippen LogP contribution in [0.2, 0.25) is 0 Å². The van der Waals surface area contributed by atoms with Gasteiger partial charge in [-0.2, -0.15) is 0 Å². The van der Waals surface area contributed by atoms with E-state index in [2.05, 4.69) is 275 Å². The van der Waals surface area contributed by atoms with Crippen LogP contribution < -0.4 is 0 Å². The third-order valence-corrected chi connectivity index (χ3v) is 14.8. The Kier molecular flexibility index (Phi) is 8.99. The van der Waals surface area contributed by atoms with E-state index in [1.54, 1.807) is 0 Å². The molecule has 0 aliphatic carbocycles. The summed E-state index contributed by atoms with van der Waals surface area (Å²) in [6, 6.07) is 88.8. The zero-order valence-corrected chi connectivity index (χ0v) is 38.9. The predicted molar refractivity (Wildman–Crippen MR) is 295 cm³/mol. The molecule has 14 aromatic rings. The molecule has 4 aromatic heterocycles. The van der Waals surface area contributed by atoms with E-state index in [0.29, 0.717) is 0 Å². The lowest BCUT2D eigenvalue weighted by Gasteiger charge is -2.14. The Morgan fingerprint density at radius 2 is 0.486 bits per heavy atom. The van der Waals surface area contributed by atoms with Crippen LogP contribution in [-0.2, 0) is 0 Å². The molecule has 0 bridgehead atoms. The van der Waals surface area contributed by atoms with Crippen LogP contribution in [0.25, 0.3) is 122 Å². The fourth-order valence-electron chi connectivity index (χ4n) is 11.6. The van der Waals surface area contributed by atoms with Crippen molar-refractivity contribution in [2.45, 2.75) is 13.8 Å². The lowest BCUT2D eigenvalue weighted by atomic mass is 9.99. The molecule has 4 heterocycles.